The third-order valence-electron chi connectivity index (χ3n) is 2.91. The van der Waals surface area contributed by atoms with E-state index >= 15 is 0 Å². The Bertz CT molecular complexity index is 604. The zero-order valence-corrected chi connectivity index (χ0v) is 10.8. The van der Waals surface area contributed by atoms with Gasteiger partial charge in [-0.15, -0.1) is 0 Å². The van der Waals surface area contributed by atoms with Crippen molar-refractivity contribution in [3.05, 3.63) is 75.8 Å². The fraction of sp³-hybridized carbons (Fsp3) is 0. The number of hydrogen-bond donors (Lipinski definition) is 0. The summed E-state index contributed by atoms with van der Waals surface area (Å²) in [4.78, 5) is 0. The molecule has 0 saturated carbocycles. The van der Waals surface area contributed by atoms with Crippen LogP contribution in [-0.4, -0.2) is 0 Å². The molecule has 1 aliphatic rings. The average molecular weight is 283 g/mol. The smallest absolute Gasteiger partial charge is 0.0175 e. The van der Waals surface area contributed by atoms with Gasteiger partial charge in [0, 0.05) is 4.47 Å². The summed E-state index contributed by atoms with van der Waals surface area (Å²) in [6, 6.07) is 16.8. The maximum Gasteiger partial charge on any atom is 0.0175 e. The Morgan fingerprint density at radius 2 is 1.59 bits per heavy atom. The molecular weight excluding hydrogens is 272 g/mol. The molecule has 0 unspecified atom stereocenters. The minimum absolute atomic E-state index is 1.11. The van der Waals surface area contributed by atoms with Gasteiger partial charge in [0.1, 0.15) is 0 Å². The molecule has 0 saturated heterocycles. The Kier molecular flexibility index (Phi) is 2.69. The molecule has 0 atom stereocenters. The van der Waals surface area contributed by atoms with Crippen LogP contribution < -0.4 is 0 Å². The molecular formula is C16H11Br. The lowest BCUT2D eigenvalue weighted by Gasteiger charge is -2.01. The van der Waals surface area contributed by atoms with E-state index in [2.05, 4.69) is 82.7 Å². The zero-order valence-electron chi connectivity index (χ0n) is 9.23. The van der Waals surface area contributed by atoms with Crippen LogP contribution in [0, 0.1) is 0 Å². The molecule has 17 heavy (non-hydrogen) atoms. The van der Waals surface area contributed by atoms with Crippen LogP contribution in [0.15, 0.2) is 59.1 Å². The highest BCUT2D eigenvalue weighted by molar-refractivity contribution is 9.10. The van der Waals surface area contributed by atoms with Crippen molar-refractivity contribution in [1.29, 1.82) is 0 Å². The molecule has 0 amide bonds. The molecule has 1 heteroatoms. The normalized spacial score (nSPS) is 15.2. The summed E-state index contributed by atoms with van der Waals surface area (Å²) in [5.74, 6) is 0. The second kappa shape index (κ2) is 4.34. The van der Waals surface area contributed by atoms with Gasteiger partial charge < -0.3 is 0 Å². The fourth-order valence-electron chi connectivity index (χ4n) is 2.04. The third kappa shape index (κ3) is 2.11. The van der Waals surface area contributed by atoms with Crippen LogP contribution >= 0.6 is 15.9 Å². The van der Waals surface area contributed by atoms with Crippen LogP contribution in [-0.2, 0) is 0 Å². The van der Waals surface area contributed by atoms with Gasteiger partial charge in [-0.3, -0.25) is 0 Å². The van der Waals surface area contributed by atoms with Crippen molar-refractivity contribution in [2.75, 3.05) is 0 Å². The van der Waals surface area contributed by atoms with Crippen LogP contribution in [0.2, 0.25) is 0 Å². The van der Waals surface area contributed by atoms with E-state index in [1.165, 1.54) is 22.3 Å². The highest BCUT2D eigenvalue weighted by atomic mass is 79.9. The molecule has 0 bridgehead atoms. The van der Waals surface area contributed by atoms with Gasteiger partial charge in [-0.05, 0) is 40.5 Å². The predicted octanol–water partition coefficient (Wildman–Crippen LogP) is 5.02. The summed E-state index contributed by atoms with van der Waals surface area (Å²) in [6.07, 6.45) is 6.56. The van der Waals surface area contributed by atoms with E-state index in [0.717, 1.165) is 4.47 Å². The van der Waals surface area contributed by atoms with E-state index in [-0.39, 0.29) is 0 Å². The summed E-state index contributed by atoms with van der Waals surface area (Å²) < 4.78 is 1.11. The van der Waals surface area contributed by atoms with Gasteiger partial charge in [0.05, 0.1) is 0 Å². The summed E-state index contributed by atoms with van der Waals surface area (Å²) in [7, 11) is 0. The standard InChI is InChI=1S/C16H11Br/c17-15-9-5-12(6-10-15)11-14-8-7-13-3-1-2-4-16(13)14/h1-11H/b14-11+. The summed E-state index contributed by atoms with van der Waals surface area (Å²) in [5.41, 5.74) is 5.12. The van der Waals surface area contributed by atoms with Crippen molar-refractivity contribution in [1.82, 2.24) is 0 Å². The van der Waals surface area contributed by atoms with Crippen molar-refractivity contribution < 1.29 is 0 Å². The van der Waals surface area contributed by atoms with E-state index in [0.29, 0.717) is 0 Å². The Morgan fingerprint density at radius 1 is 0.824 bits per heavy atom. The molecule has 0 heterocycles. The Balaban J connectivity index is 2.02. The van der Waals surface area contributed by atoms with Gasteiger partial charge in [0.25, 0.3) is 0 Å². The molecule has 0 aliphatic heterocycles. The lowest BCUT2D eigenvalue weighted by molar-refractivity contribution is 1.60. The van der Waals surface area contributed by atoms with Crippen LogP contribution in [0.4, 0.5) is 0 Å². The first kappa shape index (κ1) is 10.5. The molecule has 1 aliphatic carbocycles. The van der Waals surface area contributed by atoms with E-state index in [4.69, 9.17) is 0 Å². The lowest BCUT2D eigenvalue weighted by Crippen LogP contribution is -1.80. The number of allylic oxidation sites excluding steroid dienone is 2. The number of halogens is 1. The van der Waals surface area contributed by atoms with E-state index < -0.39 is 0 Å². The van der Waals surface area contributed by atoms with Crippen LogP contribution in [0.5, 0.6) is 0 Å². The van der Waals surface area contributed by atoms with E-state index in [1.54, 1.807) is 0 Å². The first-order chi connectivity index (χ1) is 8.33. The maximum absolute atomic E-state index is 3.45. The van der Waals surface area contributed by atoms with Crippen LogP contribution in [0.3, 0.4) is 0 Å². The highest BCUT2D eigenvalue weighted by Crippen LogP contribution is 2.30. The Morgan fingerprint density at radius 3 is 2.41 bits per heavy atom. The fourth-order valence-corrected chi connectivity index (χ4v) is 2.30. The van der Waals surface area contributed by atoms with Gasteiger partial charge in [0.2, 0.25) is 0 Å². The van der Waals surface area contributed by atoms with E-state index in [1.807, 2.05) is 0 Å². The number of benzene rings is 2. The lowest BCUT2D eigenvalue weighted by atomic mass is 10.0. The minimum atomic E-state index is 1.11. The molecule has 82 valence electrons. The largest absolute Gasteiger partial charge is 0.0616 e. The quantitative estimate of drug-likeness (QED) is 0.689. The second-order valence-electron chi connectivity index (χ2n) is 4.07. The maximum atomic E-state index is 3.45. The predicted molar refractivity (Wildman–Crippen MR) is 77.5 cm³/mol. The van der Waals surface area contributed by atoms with Crippen molar-refractivity contribution in [3.8, 4) is 0 Å². The van der Waals surface area contributed by atoms with Crippen molar-refractivity contribution in [2.45, 2.75) is 0 Å². The van der Waals surface area contributed by atoms with Gasteiger partial charge in [0.15, 0.2) is 0 Å². The number of hydrogen-bond acceptors (Lipinski definition) is 0. The average Bonchev–Trinajstić information content (AvgIpc) is 2.76. The zero-order chi connectivity index (χ0) is 11.7. The molecule has 2 aromatic rings. The van der Waals surface area contributed by atoms with Crippen LogP contribution in [0.1, 0.15) is 16.7 Å². The minimum Gasteiger partial charge on any atom is -0.0616 e. The Labute approximate surface area is 109 Å². The molecule has 3 rings (SSSR count). The first-order valence-electron chi connectivity index (χ1n) is 5.58. The van der Waals surface area contributed by atoms with Crippen molar-refractivity contribution in [2.24, 2.45) is 0 Å². The van der Waals surface area contributed by atoms with Crippen LogP contribution in [0.25, 0.3) is 17.7 Å². The summed E-state index contributed by atoms with van der Waals surface area (Å²) in [5, 5.41) is 0. The van der Waals surface area contributed by atoms with Gasteiger partial charge >= 0.3 is 0 Å². The van der Waals surface area contributed by atoms with Gasteiger partial charge in [-0.2, -0.15) is 0 Å². The molecule has 0 radical (unpaired) electrons. The number of rotatable bonds is 1. The second-order valence-corrected chi connectivity index (χ2v) is 4.99. The summed E-state index contributed by atoms with van der Waals surface area (Å²) >= 11 is 3.45. The first-order valence-corrected chi connectivity index (χ1v) is 6.37. The molecule has 0 N–H and O–H groups in total. The van der Waals surface area contributed by atoms with Crippen molar-refractivity contribution >= 4 is 33.7 Å². The number of fused-ring (bicyclic) bond motifs is 1. The highest BCUT2D eigenvalue weighted by Gasteiger charge is 2.08. The van der Waals surface area contributed by atoms with Crippen molar-refractivity contribution in [3.63, 3.8) is 0 Å². The summed E-state index contributed by atoms with van der Waals surface area (Å²) in [6.45, 7) is 0. The van der Waals surface area contributed by atoms with E-state index in [9.17, 15) is 0 Å². The molecule has 0 fully saturated rings. The SMILES string of the molecule is Brc1ccc(/C=C2\C=Cc3ccccc32)cc1. The topological polar surface area (TPSA) is 0 Å². The molecule has 0 spiro atoms. The monoisotopic (exact) mass is 282 g/mol. The molecule has 0 nitrogen and oxygen atoms in total. The van der Waals surface area contributed by atoms with Gasteiger partial charge in [-0.1, -0.05) is 64.5 Å². The third-order valence-corrected chi connectivity index (χ3v) is 3.44. The molecule has 2 aromatic carbocycles. The Hall–Kier alpha value is -1.60. The van der Waals surface area contributed by atoms with Gasteiger partial charge in [-0.25, -0.2) is 0 Å². The molecule has 0 aromatic heterocycles.